The summed E-state index contributed by atoms with van der Waals surface area (Å²) in [7, 11) is 2.14. The lowest BCUT2D eigenvalue weighted by Crippen LogP contribution is -2.40. The average Bonchev–Trinajstić information content (AvgIpc) is 2.16. The topological polar surface area (TPSA) is 40.5 Å². The molecule has 0 aliphatic heterocycles. The summed E-state index contributed by atoms with van der Waals surface area (Å²) in [4.78, 5) is 12.6. The van der Waals surface area contributed by atoms with Crippen LogP contribution >= 0.6 is 0 Å². The zero-order valence-corrected chi connectivity index (χ0v) is 10.5. The summed E-state index contributed by atoms with van der Waals surface area (Å²) in [6.07, 6.45) is 4.35. The molecule has 1 N–H and O–H groups in total. The highest BCUT2D eigenvalue weighted by atomic mass is 16.4. The molecule has 0 aromatic rings. The van der Waals surface area contributed by atoms with E-state index in [1.165, 1.54) is 0 Å². The molecule has 0 saturated heterocycles. The second-order valence-corrected chi connectivity index (χ2v) is 4.79. The number of rotatable bonds is 8. The molecule has 0 spiro atoms. The van der Waals surface area contributed by atoms with Crippen molar-refractivity contribution in [2.24, 2.45) is 0 Å². The molecule has 3 nitrogen and oxygen atoms in total. The summed E-state index contributed by atoms with van der Waals surface area (Å²) < 4.78 is 0. The van der Waals surface area contributed by atoms with Crippen molar-refractivity contribution in [1.29, 1.82) is 0 Å². The van der Waals surface area contributed by atoms with Crippen molar-refractivity contribution in [1.82, 2.24) is 4.90 Å². The Labute approximate surface area is 93.5 Å². The highest BCUT2D eigenvalue weighted by Crippen LogP contribution is 2.17. The van der Waals surface area contributed by atoms with Gasteiger partial charge in [0.15, 0.2) is 0 Å². The molecule has 0 heterocycles. The third kappa shape index (κ3) is 6.50. The van der Waals surface area contributed by atoms with Crippen molar-refractivity contribution >= 4 is 5.97 Å². The maximum Gasteiger partial charge on any atom is 0.303 e. The molecule has 0 aromatic carbocycles. The molecule has 15 heavy (non-hydrogen) atoms. The van der Waals surface area contributed by atoms with E-state index in [0.29, 0.717) is 6.42 Å². The molecule has 0 aliphatic rings. The minimum absolute atomic E-state index is 0.257. The Bertz CT molecular complexity index is 190. The number of aliphatic carboxylic acids is 1. The molecule has 0 bridgehead atoms. The minimum Gasteiger partial charge on any atom is -0.481 e. The molecule has 0 atom stereocenters. The fourth-order valence-corrected chi connectivity index (χ4v) is 1.37. The molecule has 3 heteroatoms. The SMILES string of the molecule is CCC(C)(C)N(C)CCCCCC(=O)O. The van der Waals surface area contributed by atoms with E-state index in [0.717, 1.165) is 32.2 Å². The van der Waals surface area contributed by atoms with Gasteiger partial charge in [-0.1, -0.05) is 13.3 Å². The van der Waals surface area contributed by atoms with Gasteiger partial charge in [-0.3, -0.25) is 4.79 Å². The lowest BCUT2D eigenvalue weighted by molar-refractivity contribution is -0.137. The number of carboxylic acid groups (broad SMARTS) is 1. The smallest absolute Gasteiger partial charge is 0.303 e. The van der Waals surface area contributed by atoms with Crippen LogP contribution in [0, 0.1) is 0 Å². The van der Waals surface area contributed by atoms with E-state index < -0.39 is 5.97 Å². The number of hydrogen-bond donors (Lipinski definition) is 1. The Morgan fingerprint density at radius 1 is 1.27 bits per heavy atom. The lowest BCUT2D eigenvalue weighted by Gasteiger charge is -2.34. The highest BCUT2D eigenvalue weighted by Gasteiger charge is 2.19. The predicted molar refractivity (Wildman–Crippen MR) is 63.1 cm³/mol. The van der Waals surface area contributed by atoms with Crippen LogP contribution in [-0.4, -0.2) is 35.1 Å². The maximum atomic E-state index is 10.3. The predicted octanol–water partition coefficient (Wildman–Crippen LogP) is 2.75. The van der Waals surface area contributed by atoms with Gasteiger partial charge in [0.2, 0.25) is 0 Å². The third-order valence-electron chi connectivity index (χ3n) is 3.28. The molecule has 90 valence electrons. The molecule has 0 radical (unpaired) electrons. The Hall–Kier alpha value is -0.570. The Balaban J connectivity index is 3.55. The van der Waals surface area contributed by atoms with E-state index in [2.05, 4.69) is 32.7 Å². The van der Waals surface area contributed by atoms with E-state index in [1.807, 2.05) is 0 Å². The zero-order valence-electron chi connectivity index (χ0n) is 10.5. The third-order valence-corrected chi connectivity index (χ3v) is 3.28. The fraction of sp³-hybridized carbons (Fsp3) is 0.917. The molecule has 0 aliphatic carbocycles. The van der Waals surface area contributed by atoms with Gasteiger partial charge in [-0.05, 0) is 46.7 Å². The van der Waals surface area contributed by atoms with E-state index in [-0.39, 0.29) is 5.54 Å². The van der Waals surface area contributed by atoms with Crippen LogP contribution in [0.15, 0.2) is 0 Å². The summed E-state index contributed by atoms with van der Waals surface area (Å²) >= 11 is 0. The van der Waals surface area contributed by atoms with Crippen molar-refractivity contribution < 1.29 is 9.90 Å². The average molecular weight is 215 g/mol. The van der Waals surface area contributed by atoms with Crippen LogP contribution in [0.3, 0.4) is 0 Å². The highest BCUT2D eigenvalue weighted by molar-refractivity contribution is 5.66. The van der Waals surface area contributed by atoms with Gasteiger partial charge in [0.1, 0.15) is 0 Å². The van der Waals surface area contributed by atoms with Gasteiger partial charge in [-0.25, -0.2) is 0 Å². The number of unbranched alkanes of at least 4 members (excludes halogenated alkanes) is 2. The lowest BCUT2D eigenvalue weighted by atomic mass is 9.99. The van der Waals surface area contributed by atoms with Crippen LogP contribution in [0.25, 0.3) is 0 Å². The number of carbonyl (C=O) groups is 1. The van der Waals surface area contributed by atoms with Crippen LogP contribution in [0.1, 0.15) is 52.9 Å². The number of hydrogen-bond acceptors (Lipinski definition) is 2. The molecule has 0 fully saturated rings. The quantitative estimate of drug-likeness (QED) is 0.633. The molecule has 0 rings (SSSR count). The van der Waals surface area contributed by atoms with Crippen molar-refractivity contribution in [2.75, 3.05) is 13.6 Å². The van der Waals surface area contributed by atoms with Gasteiger partial charge in [-0.15, -0.1) is 0 Å². The summed E-state index contributed by atoms with van der Waals surface area (Å²) in [6.45, 7) is 7.73. The first-order chi connectivity index (χ1) is 6.90. The van der Waals surface area contributed by atoms with Crippen LogP contribution < -0.4 is 0 Å². The Morgan fingerprint density at radius 2 is 1.87 bits per heavy atom. The number of carboxylic acids is 1. The van der Waals surface area contributed by atoms with Crippen LogP contribution in [0.4, 0.5) is 0 Å². The fourth-order valence-electron chi connectivity index (χ4n) is 1.37. The monoisotopic (exact) mass is 215 g/mol. The van der Waals surface area contributed by atoms with Gasteiger partial charge in [-0.2, -0.15) is 0 Å². The normalized spacial score (nSPS) is 12.1. The van der Waals surface area contributed by atoms with E-state index in [1.54, 1.807) is 0 Å². The van der Waals surface area contributed by atoms with Gasteiger partial charge < -0.3 is 10.0 Å². The Kier molecular flexibility index (Phi) is 6.57. The van der Waals surface area contributed by atoms with Crippen LogP contribution in [-0.2, 0) is 4.79 Å². The van der Waals surface area contributed by atoms with E-state index in [4.69, 9.17) is 5.11 Å². The molecule has 0 aromatic heterocycles. The zero-order chi connectivity index (χ0) is 11.9. The molecular weight excluding hydrogens is 190 g/mol. The Morgan fingerprint density at radius 3 is 2.33 bits per heavy atom. The second kappa shape index (κ2) is 6.83. The molecule has 0 saturated carbocycles. The molecular formula is C12H25NO2. The van der Waals surface area contributed by atoms with Gasteiger partial charge >= 0.3 is 5.97 Å². The number of nitrogens with zero attached hydrogens (tertiary/aromatic N) is 1. The van der Waals surface area contributed by atoms with Gasteiger partial charge in [0.05, 0.1) is 0 Å². The van der Waals surface area contributed by atoms with Crippen LogP contribution in [0.5, 0.6) is 0 Å². The van der Waals surface area contributed by atoms with E-state index >= 15 is 0 Å². The summed E-state index contributed by atoms with van der Waals surface area (Å²) in [6, 6.07) is 0. The van der Waals surface area contributed by atoms with E-state index in [9.17, 15) is 4.79 Å². The second-order valence-electron chi connectivity index (χ2n) is 4.79. The minimum atomic E-state index is -0.683. The summed E-state index contributed by atoms with van der Waals surface area (Å²) in [5.41, 5.74) is 0.257. The van der Waals surface area contributed by atoms with Crippen LogP contribution in [0.2, 0.25) is 0 Å². The maximum absolute atomic E-state index is 10.3. The molecule has 0 amide bonds. The first kappa shape index (κ1) is 14.4. The molecule has 0 unspecified atom stereocenters. The van der Waals surface area contributed by atoms with Crippen molar-refractivity contribution in [3.05, 3.63) is 0 Å². The van der Waals surface area contributed by atoms with Crippen molar-refractivity contribution in [3.8, 4) is 0 Å². The van der Waals surface area contributed by atoms with Crippen molar-refractivity contribution in [2.45, 2.75) is 58.4 Å². The largest absolute Gasteiger partial charge is 0.481 e. The standard InChI is InChI=1S/C12H25NO2/c1-5-12(2,3)13(4)10-8-6-7-9-11(14)15/h5-10H2,1-4H3,(H,14,15). The van der Waals surface area contributed by atoms with Gasteiger partial charge in [0, 0.05) is 12.0 Å². The van der Waals surface area contributed by atoms with Crippen molar-refractivity contribution in [3.63, 3.8) is 0 Å². The van der Waals surface area contributed by atoms with Gasteiger partial charge in [0.25, 0.3) is 0 Å². The first-order valence-electron chi connectivity index (χ1n) is 5.83. The first-order valence-corrected chi connectivity index (χ1v) is 5.83. The summed E-state index contributed by atoms with van der Waals surface area (Å²) in [5, 5.41) is 8.48. The summed E-state index contributed by atoms with van der Waals surface area (Å²) in [5.74, 6) is -0.683.